The summed E-state index contributed by atoms with van der Waals surface area (Å²) >= 11 is 6.35. The van der Waals surface area contributed by atoms with Gasteiger partial charge < -0.3 is 14.7 Å². The van der Waals surface area contributed by atoms with Gasteiger partial charge in [-0.15, -0.1) is 0 Å². The summed E-state index contributed by atoms with van der Waals surface area (Å²) in [5, 5.41) is 9.63. The summed E-state index contributed by atoms with van der Waals surface area (Å²) in [7, 11) is 1.65. The third-order valence-corrected chi connectivity index (χ3v) is 4.79. The van der Waals surface area contributed by atoms with E-state index in [1.165, 1.54) is 4.90 Å². The summed E-state index contributed by atoms with van der Waals surface area (Å²) in [4.78, 5) is 25.7. The lowest BCUT2D eigenvalue weighted by atomic mass is 9.73. The zero-order chi connectivity index (χ0) is 17.0. The Morgan fingerprint density at radius 1 is 1.35 bits per heavy atom. The van der Waals surface area contributed by atoms with Gasteiger partial charge in [0.25, 0.3) is 0 Å². The molecular formula is C17H22ClNO4. The highest BCUT2D eigenvalue weighted by molar-refractivity contribution is 6.31. The van der Waals surface area contributed by atoms with Gasteiger partial charge in [-0.2, -0.15) is 0 Å². The number of carbonyl (C=O) groups is 2. The number of benzene rings is 1. The molecule has 6 heteroatoms. The molecule has 1 saturated heterocycles. The average molecular weight is 340 g/mol. The van der Waals surface area contributed by atoms with Crippen LogP contribution < -0.4 is 0 Å². The molecule has 0 aromatic heterocycles. The van der Waals surface area contributed by atoms with E-state index in [1.54, 1.807) is 20.0 Å². The second-order valence-corrected chi connectivity index (χ2v) is 6.51. The highest BCUT2D eigenvalue weighted by Crippen LogP contribution is 2.40. The van der Waals surface area contributed by atoms with Crippen molar-refractivity contribution in [2.75, 3.05) is 26.8 Å². The molecule has 1 aliphatic rings. The van der Waals surface area contributed by atoms with Crippen molar-refractivity contribution < 1.29 is 19.4 Å². The van der Waals surface area contributed by atoms with Crippen LogP contribution in [0.25, 0.3) is 0 Å². The molecule has 2 rings (SSSR count). The van der Waals surface area contributed by atoms with Gasteiger partial charge in [-0.3, -0.25) is 9.59 Å². The minimum atomic E-state index is -0.913. The summed E-state index contributed by atoms with van der Waals surface area (Å²) in [6, 6.07) is 7.35. The molecule has 0 bridgehead atoms. The van der Waals surface area contributed by atoms with Gasteiger partial charge in [-0.05, 0) is 24.5 Å². The number of carboxylic acids is 1. The Labute approximate surface area is 141 Å². The molecule has 1 aromatic rings. The smallest absolute Gasteiger partial charge is 0.308 e. The van der Waals surface area contributed by atoms with Gasteiger partial charge in [0.15, 0.2) is 0 Å². The molecule has 0 radical (unpaired) electrons. The number of amides is 1. The van der Waals surface area contributed by atoms with Gasteiger partial charge in [-0.1, -0.05) is 36.7 Å². The van der Waals surface area contributed by atoms with Crippen molar-refractivity contribution in [3.05, 3.63) is 34.9 Å². The number of rotatable bonds is 5. The number of carboxylic acid groups (broad SMARTS) is 1. The third kappa shape index (κ3) is 3.67. The molecule has 126 valence electrons. The molecule has 0 saturated carbocycles. The summed E-state index contributed by atoms with van der Waals surface area (Å²) in [5.41, 5.74) is 0.0496. The van der Waals surface area contributed by atoms with E-state index >= 15 is 0 Å². The molecule has 1 atom stereocenters. The maximum absolute atomic E-state index is 13.1. The van der Waals surface area contributed by atoms with Crippen molar-refractivity contribution >= 4 is 23.5 Å². The molecule has 1 aliphatic heterocycles. The van der Waals surface area contributed by atoms with Crippen molar-refractivity contribution in [3.8, 4) is 0 Å². The minimum absolute atomic E-state index is 0.0954. The van der Waals surface area contributed by atoms with E-state index in [0.717, 1.165) is 5.56 Å². The van der Waals surface area contributed by atoms with Gasteiger partial charge in [0.05, 0.1) is 11.3 Å². The number of likely N-dealkylation sites (N-methyl/N-ethyl adjacent to an activating group) is 1. The van der Waals surface area contributed by atoms with Crippen LogP contribution in [0, 0.1) is 5.92 Å². The highest BCUT2D eigenvalue weighted by atomic mass is 35.5. The maximum atomic E-state index is 13.1. The first-order chi connectivity index (χ1) is 10.9. The van der Waals surface area contributed by atoms with Crippen molar-refractivity contribution in [1.82, 2.24) is 4.90 Å². The zero-order valence-corrected chi connectivity index (χ0v) is 14.2. The predicted octanol–water partition coefficient (Wildman–Crippen LogP) is 2.57. The van der Waals surface area contributed by atoms with Crippen LogP contribution in [0.1, 0.15) is 25.3 Å². The lowest BCUT2D eigenvalue weighted by Crippen LogP contribution is -2.50. The van der Waals surface area contributed by atoms with E-state index in [0.29, 0.717) is 31.1 Å². The summed E-state index contributed by atoms with van der Waals surface area (Å²) < 4.78 is 5.43. The molecule has 1 N–H and O–H groups in total. The van der Waals surface area contributed by atoms with E-state index in [9.17, 15) is 9.59 Å². The number of ether oxygens (including phenoxy) is 1. The maximum Gasteiger partial charge on any atom is 0.308 e. The summed E-state index contributed by atoms with van der Waals surface area (Å²) in [6.45, 7) is 2.73. The Kier molecular flexibility index (Phi) is 5.65. The molecule has 23 heavy (non-hydrogen) atoms. The van der Waals surface area contributed by atoms with Crippen LogP contribution in [-0.2, 0) is 19.7 Å². The van der Waals surface area contributed by atoms with E-state index in [4.69, 9.17) is 21.4 Å². The van der Waals surface area contributed by atoms with Gasteiger partial charge in [0.1, 0.15) is 0 Å². The van der Waals surface area contributed by atoms with E-state index in [2.05, 4.69) is 0 Å². The number of carbonyl (C=O) groups excluding carboxylic acids is 1. The van der Waals surface area contributed by atoms with Crippen LogP contribution in [0.5, 0.6) is 0 Å². The van der Waals surface area contributed by atoms with Gasteiger partial charge in [0, 0.05) is 31.8 Å². The predicted molar refractivity (Wildman–Crippen MR) is 87.6 cm³/mol. The SMILES string of the molecule is C[C@H](CN(C)C(=O)C1(c2ccccc2Cl)CCOCC1)C(=O)O. The highest BCUT2D eigenvalue weighted by Gasteiger charge is 2.44. The van der Waals surface area contributed by atoms with Crippen molar-refractivity contribution in [2.24, 2.45) is 5.92 Å². The van der Waals surface area contributed by atoms with Crippen molar-refractivity contribution in [3.63, 3.8) is 0 Å². The van der Waals surface area contributed by atoms with Crippen LogP contribution in [0.15, 0.2) is 24.3 Å². The Bertz CT molecular complexity index is 584. The first-order valence-corrected chi connectivity index (χ1v) is 8.07. The first-order valence-electron chi connectivity index (χ1n) is 7.69. The topological polar surface area (TPSA) is 66.8 Å². The standard InChI is InChI=1S/C17H22ClNO4/c1-12(15(20)21)11-19(2)16(22)17(7-9-23-10-8-17)13-5-3-4-6-14(13)18/h3-6,12H,7-11H2,1-2H3,(H,20,21)/t12-/m1/s1. The molecule has 0 unspecified atom stereocenters. The third-order valence-electron chi connectivity index (χ3n) is 4.46. The van der Waals surface area contributed by atoms with Crippen molar-refractivity contribution in [1.29, 1.82) is 0 Å². The van der Waals surface area contributed by atoms with Crippen LogP contribution >= 0.6 is 11.6 Å². The lowest BCUT2D eigenvalue weighted by Gasteiger charge is -2.39. The molecule has 5 nitrogen and oxygen atoms in total. The van der Waals surface area contributed by atoms with Crippen molar-refractivity contribution in [2.45, 2.75) is 25.2 Å². The van der Waals surface area contributed by atoms with E-state index in [1.807, 2.05) is 18.2 Å². The molecule has 1 fully saturated rings. The summed E-state index contributed by atoms with van der Waals surface area (Å²) in [6.07, 6.45) is 1.09. The van der Waals surface area contributed by atoms with Crippen LogP contribution in [0.2, 0.25) is 5.02 Å². The second kappa shape index (κ2) is 7.32. The number of hydrogen-bond donors (Lipinski definition) is 1. The monoisotopic (exact) mass is 339 g/mol. The van der Waals surface area contributed by atoms with E-state index < -0.39 is 17.3 Å². The molecular weight excluding hydrogens is 318 g/mol. The fourth-order valence-corrected chi connectivity index (χ4v) is 3.42. The average Bonchev–Trinajstić information content (AvgIpc) is 2.55. The normalized spacial score (nSPS) is 18.2. The Hall–Kier alpha value is -1.59. The lowest BCUT2D eigenvalue weighted by molar-refractivity contribution is -0.145. The molecule has 1 heterocycles. The Balaban J connectivity index is 2.33. The minimum Gasteiger partial charge on any atom is -0.481 e. The molecule has 0 spiro atoms. The number of hydrogen-bond acceptors (Lipinski definition) is 3. The summed E-state index contributed by atoms with van der Waals surface area (Å²) in [5.74, 6) is -1.63. The van der Waals surface area contributed by atoms with Crippen LogP contribution in [-0.4, -0.2) is 48.7 Å². The molecule has 1 amide bonds. The quantitative estimate of drug-likeness (QED) is 0.895. The number of halogens is 1. The Morgan fingerprint density at radius 3 is 2.52 bits per heavy atom. The van der Waals surface area contributed by atoms with E-state index in [-0.39, 0.29) is 12.5 Å². The largest absolute Gasteiger partial charge is 0.481 e. The number of nitrogens with zero attached hydrogens (tertiary/aromatic N) is 1. The van der Waals surface area contributed by atoms with Crippen LogP contribution in [0.4, 0.5) is 0 Å². The van der Waals surface area contributed by atoms with Gasteiger partial charge in [-0.25, -0.2) is 0 Å². The molecule has 1 aromatic carbocycles. The van der Waals surface area contributed by atoms with Gasteiger partial charge in [0.2, 0.25) is 5.91 Å². The first kappa shape index (κ1) is 17.8. The Morgan fingerprint density at radius 2 is 1.96 bits per heavy atom. The molecule has 0 aliphatic carbocycles. The van der Waals surface area contributed by atoms with Crippen LogP contribution in [0.3, 0.4) is 0 Å². The fourth-order valence-electron chi connectivity index (χ4n) is 3.10. The number of aliphatic carboxylic acids is 1. The second-order valence-electron chi connectivity index (χ2n) is 6.10. The fraction of sp³-hybridized carbons (Fsp3) is 0.529. The van der Waals surface area contributed by atoms with Gasteiger partial charge >= 0.3 is 5.97 Å². The zero-order valence-electron chi connectivity index (χ0n) is 13.4.